The number of amides is 1. The Morgan fingerprint density at radius 1 is 0.897 bits per heavy atom. The van der Waals surface area contributed by atoms with Crippen molar-refractivity contribution in [2.24, 2.45) is 0 Å². The minimum absolute atomic E-state index is 0.122. The summed E-state index contributed by atoms with van der Waals surface area (Å²) in [5.74, 6) is -0.122. The summed E-state index contributed by atoms with van der Waals surface area (Å²) in [6.07, 6.45) is 0. The maximum atomic E-state index is 13.0. The third kappa shape index (κ3) is 4.52. The van der Waals surface area contributed by atoms with E-state index in [1.165, 1.54) is 11.3 Å². The summed E-state index contributed by atoms with van der Waals surface area (Å²) in [5, 5.41) is 7.07. The first kappa shape index (κ1) is 18.9. The van der Waals surface area contributed by atoms with Gasteiger partial charge in [-0.05, 0) is 24.1 Å². The number of para-hydroxylation sites is 1. The summed E-state index contributed by atoms with van der Waals surface area (Å²) in [4.78, 5) is 18.3. The van der Waals surface area contributed by atoms with Crippen LogP contribution in [0.15, 0.2) is 84.9 Å². The standard InChI is InChI=1S/C24H21N3OS/c1-17-10-8-9-15-20(17)26-24-27-21(19-13-6-3-7-14-19)22(29-24)23(28)25-16-18-11-4-2-5-12-18/h2-15H,16H2,1H3,(H,25,28)(H,26,27). The van der Waals surface area contributed by atoms with E-state index >= 15 is 0 Å². The van der Waals surface area contributed by atoms with Crippen LogP contribution in [-0.4, -0.2) is 10.9 Å². The van der Waals surface area contributed by atoms with E-state index in [9.17, 15) is 4.79 Å². The molecule has 4 aromatic rings. The first-order valence-corrected chi connectivity index (χ1v) is 10.2. The topological polar surface area (TPSA) is 54.0 Å². The number of carbonyl (C=O) groups is 1. The molecule has 1 aromatic heterocycles. The predicted octanol–water partition coefficient (Wildman–Crippen LogP) is 5.79. The van der Waals surface area contributed by atoms with Crippen LogP contribution in [0.1, 0.15) is 20.8 Å². The average molecular weight is 400 g/mol. The van der Waals surface area contributed by atoms with Gasteiger partial charge in [0, 0.05) is 17.8 Å². The fraction of sp³-hybridized carbons (Fsp3) is 0.0833. The lowest BCUT2D eigenvalue weighted by molar-refractivity contribution is 0.0955. The van der Waals surface area contributed by atoms with Crippen LogP contribution in [0.25, 0.3) is 11.3 Å². The minimum atomic E-state index is -0.122. The summed E-state index contributed by atoms with van der Waals surface area (Å²) in [6.45, 7) is 2.52. The number of anilines is 2. The lowest BCUT2D eigenvalue weighted by atomic mass is 10.1. The summed E-state index contributed by atoms with van der Waals surface area (Å²) in [7, 11) is 0. The maximum absolute atomic E-state index is 13.0. The van der Waals surface area contributed by atoms with Gasteiger partial charge in [0.25, 0.3) is 5.91 Å². The Labute approximate surface area is 174 Å². The van der Waals surface area contributed by atoms with Gasteiger partial charge in [-0.25, -0.2) is 4.98 Å². The number of aromatic nitrogens is 1. The third-order valence-corrected chi connectivity index (χ3v) is 5.53. The molecule has 0 bridgehead atoms. The minimum Gasteiger partial charge on any atom is -0.347 e. The molecule has 5 heteroatoms. The number of nitrogens with one attached hydrogen (secondary N) is 2. The monoisotopic (exact) mass is 399 g/mol. The molecule has 4 nitrogen and oxygen atoms in total. The van der Waals surface area contributed by atoms with Crippen LogP contribution in [0.5, 0.6) is 0 Å². The number of benzene rings is 3. The molecule has 1 heterocycles. The Morgan fingerprint density at radius 3 is 2.28 bits per heavy atom. The zero-order chi connectivity index (χ0) is 20.1. The summed E-state index contributed by atoms with van der Waals surface area (Å²) < 4.78 is 0. The molecule has 2 N–H and O–H groups in total. The second-order valence-corrected chi connectivity index (χ2v) is 7.67. The fourth-order valence-corrected chi connectivity index (χ4v) is 3.92. The second-order valence-electron chi connectivity index (χ2n) is 6.67. The van der Waals surface area contributed by atoms with Gasteiger partial charge >= 0.3 is 0 Å². The van der Waals surface area contributed by atoms with Crippen molar-refractivity contribution in [2.75, 3.05) is 5.32 Å². The number of hydrogen-bond acceptors (Lipinski definition) is 4. The number of thiazole rings is 1. The Bertz CT molecular complexity index is 1110. The van der Waals surface area contributed by atoms with Crippen LogP contribution in [0, 0.1) is 6.92 Å². The zero-order valence-corrected chi connectivity index (χ0v) is 16.9. The number of hydrogen-bond donors (Lipinski definition) is 2. The molecule has 0 saturated carbocycles. The average Bonchev–Trinajstić information content (AvgIpc) is 3.19. The van der Waals surface area contributed by atoms with E-state index in [0.717, 1.165) is 22.4 Å². The Balaban J connectivity index is 1.63. The number of carbonyl (C=O) groups excluding carboxylic acids is 1. The number of aryl methyl sites for hydroxylation is 1. The van der Waals surface area contributed by atoms with Gasteiger partial charge in [-0.1, -0.05) is 90.2 Å². The molecular formula is C24H21N3OS. The molecule has 0 radical (unpaired) electrons. The summed E-state index contributed by atoms with van der Waals surface area (Å²) >= 11 is 1.37. The lowest BCUT2D eigenvalue weighted by Gasteiger charge is -2.05. The van der Waals surface area contributed by atoms with E-state index in [-0.39, 0.29) is 5.91 Å². The smallest absolute Gasteiger partial charge is 0.264 e. The maximum Gasteiger partial charge on any atom is 0.264 e. The molecule has 3 aromatic carbocycles. The third-order valence-electron chi connectivity index (χ3n) is 4.56. The van der Waals surface area contributed by atoms with Gasteiger partial charge < -0.3 is 10.6 Å². The fourth-order valence-electron chi connectivity index (χ4n) is 3.01. The van der Waals surface area contributed by atoms with Crippen molar-refractivity contribution in [1.29, 1.82) is 0 Å². The molecule has 1 amide bonds. The van der Waals surface area contributed by atoms with Gasteiger partial charge in [-0.3, -0.25) is 4.79 Å². The van der Waals surface area contributed by atoms with Crippen molar-refractivity contribution in [2.45, 2.75) is 13.5 Å². The first-order valence-electron chi connectivity index (χ1n) is 9.42. The van der Waals surface area contributed by atoms with Gasteiger partial charge in [0.15, 0.2) is 5.13 Å². The normalized spacial score (nSPS) is 10.5. The van der Waals surface area contributed by atoms with Crippen molar-refractivity contribution in [3.05, 3.63) is 101 Å². The molecule has 0 atom stereocenters. The van der Waals surface area contributed by atoms with Crippen molar-refractivity contribution in [1.82, 2.24) is 10.3 Å². The predicted molar refractivity (Wildman–Crippen MR) is 120 cm³/mol. The highest BCUT2D eigenvalue weighted by Crippen LogP contribution is 2.33. The van der Waals surface area contributed by atoms with Crippen LogP contribution in [0.3, 0.4) is 0 Å². The molecule has 0 aliphatic heterocycles. The molecule has 0 fully saturated rings. The Morgan fingerprint density at radius 2 is 1.55 bits per heavy atom. The number of rotatable bonds is 6. The van der Waals surface area contributed by atoms with Crippen LogP contribution in [0.2, 0.25) is 0 Å². The molecule has 0 spiro atoms. The van der Waals surface area contributed by atoms with E-state index in [1.54, 1.807) is 0 Å². The molecule has 4 rings (SSSR count). The van der Waals surface area contributed by atoms with E-state index in [4.69, 9.17) is 4.98 Å². The second kappa shape index (κ2) is 8.71. The van der Waals surface area contributed by atoms with Gasteiger partial charge in [0.1, 0.15) is 4.88 Å². The number of nitrogens with zero attached hydrogens (tertiary/aromatic N) is 1. The zero-order valence-electron chi connectivity index (χ0n) is 16.1. The van der Waals surface area contributed by atoms with E-state index in [0.29, 0.717) is 22.2 Å². The van der Waals surface area contributed by atoms with Gasteiger partial charge in [0.2, 0.25) is 0 Å². The van der Waals surface area contributed by atoms with Crippen molar-refractivity contribution in [3.8, 4) is 11.3 Å². The van der Waals surface area contributed by atoms with Crippen molar-refractivity contribution >= 4 is 28.1 Å². The van der Waals surface area contributed by atoms with Crippen molar-refractivity contribution in [3.63, 3.8) is 0 Å². The molecule has 144 valence electrons. The summed E-state index contributed by atoms with van der Waals surface area (Å²) in [5.41, 5.74) is 4.78. The van der Waals surface area contributed by atoms with Gasteiger partial charge in [-0.2, -0.15) is 0 Å². The Hall–Kier alpha value is -3.44. The van der Waals surface area contributed by atoms with Crippen LogP contribution >= 0.6 is 11.3 Å². The molecular weight excluding hydrogens is 378 g/mol. The molecule has 0 aliphatic rings. The van der Waals surface area contributed by atoms with Crippen molar-refractivity contribution < 1.29 is 4.79 Å². The van der Waals surface area contributed by atoms with Crippen LogP contribution < -0.4 is 10.6 Å². The van der Waals surface area contributed by atoms with E-state index in [2.05, 4.69) is 10.6 Å². The lowest BCUT2D eigenvalue weighted by Crippen LogP contribution is -2.22. The van der Waals surface area contributed by atoms with Gasteiger partial charge in [-0.15, -0.1) is 0 Å². The molecule has 0 saturated heterocycles. The van der Waals surface area contributed by atoms with Gasteiger partial charge in [0.05, 0.1) is 5.69 Å². The van der Waals surface area contributed by atoms with E-state index in [1.807, 2.05) is 91.9 Å². The highest BCUT2D eigenvalue weighted by molar-refractivity contribution is 7.18. The Kier molecular flexibility index (Phi) is 5.68. The summed E-state index contributed by atoms with van der Waals surface area (Å²) in [6, 6.07) is 27.7. The van der Waals surface area contributed by atoms with Crippen LogP contribution in [0.4, 0.5) is 10.8 Å². The van der Waals surface area contributed by atoms with Crippen LogP contribution in [-0.2, 0) is 6.54 Å². The highest BCUT2D eigenvalue weighted by atomic mass is 32.1. The SMILES string of the molecule is Cc1ccccc1Nc1nc(-c2ccccc2)c(C(=O)NCc2ccccc2)s1. The largest absolute Gasteiger partial charge is 0.347 e. The van der Waals surface area contributed by atoms with E-state index < -0.39 is 0 Å². The molecule has 0 unspecified atom stereocenters. The molecule has 0 aliphatic carbocycles. The molecule has 29 heavy (non-hydrogen) atoms. The first-order chi connectivity index (χ1) is 14.2. The highest BCUT2D eigenvalue weighted by Gasteiger charge is 2.19. The quantitative estimate of drug-likeness (QED) is 0.431.